The molecule has 0 saturated carbocycles. The van der Waals surface area contributed by atoms with Crippen LogP contribution in [0.15, 0.2) is 36.4 Å². The molecule has 2 N–H and O–H groups in total. The highest BCUT2D eigenvalue weighted by Gasteiger charge is 2.48. The van der Waals surface area contributed by atoms with E-state index < -0.39 is 36.3 Å². The summed E-state index contributed by atoms with van der Waals surface area (Å²) >= 11 is 18.4. The first-order valence-electron chi connectivity index (χ1n) is 10.1. The SMILES string of the molecule is COc1ccc([C@@H]2C[C@H](C(F)(F)F)n3nc(C(=O)Nc4cccc(Cl)c4Cl)c(Cl)c3N2)cc1OC. The largest absolute Gasteiger partial charge is 0.493 e. The number of carbonyl (C=O) groups excluding carboxylic acids is 1. The molecule has 0 fully saturated rings. The molecule has 2 heterocycles. The molecular formula is C22H18Cl3F3N4O3. The van der Waals surface area contributed by atoms with Gasteiger partial charge in [-0.25, -0.2) is 4.68 Å². The molecule has 1 aromatic heterocycles. The van der Waals surface area contributed by atoms with E-state index in [2.05, 4.69) is 15.7 Å². The molecule has 4 rings (SSSR count). The van der Waals surface area contributed by atoms with Gasteiger partial charge in [-0.3, -0.25) is 4.79 Å². The summed E-state index contributed by atoms with van der Waals surface area (Å²) in [4.78, 5) is 12.9. The average Bonchev–Trinajstić information content (AvgIpc) is 3.16. The number of hydrogen-bond donors (Lipinski definition) is 2. The lowest BCUT2D eigenvalue weighted by Crippen LogP contribution is -2.35. The fourth-order valence-corrected chi connectivity index (χ4v) is 4.42. The fourth-order valence-electron chi connectivity index (χ4n) is 3.80. The Labute approximate surface area is 213 Å². The van der Waals surface area contributed by atoms with Crippen LogP contribution in [0.3, 0.4) is 0 Å². The van der Waals surface area contributed by atoms with E-state index in [4.69, 9.17) is 44.3 Å². The van der Waals surface area contributed by atoms with Crippen LogP contribution in [0.5, 0.6) is 11.5 Å². The zero-order chi connectivity index (χ0) is 25.5. The lowest BCUT2D eigenvalue weighted by Gasteiger charge is -2.33. The van der Waals surface area contributed by atoms with E-state index in [0.29, 0.717) is 21.7 Å². The van der Waals surface area contributed by atoms with Gasteiger partial charge in [-0.05, 0) is 29.8 Å². The van der Waals surface area contributed by atoms with Crippen LogP contribution in [0.4, 0.5) is 24.7 Å². The molecule has 0 saturated heterocycles. The number of carbonyl (C=O) groups is 1. The van der Waals surface area contributed by atoms with Gasteiger partial charge < -0.3 is 20.1 Å². The number of amides is 1. The standard InChI is InChI=1S/C22H18Cl3F3N4O3/c1-34-14-7-6-10(8-15(14)35-2)13-9-16(22(26,27)28)32-20(29-13)18(25)19(31-32)21(33)30-12-5-3-4-11(23)17(12)24/h3-8,13,16,29H,9H2,1-2H3,(H,30,33)/t13-,16+/m0/s1. The molecule has 2 atom stereocenters. The summed E-state index contributed by atoms with van der Waals surface area (Å²) in [5.41, 5.74) is 0.277. The van der Waals surface area contributed by atoms with Gasteiger partial charge in [-0.1, -0.05) is 46.9 Å². The van der Waals surface area contributed by atoms with Gasteiger partial charge in [0.2, 0.25) is 0 Å². The number of ether oxygens (including phenoxy) is 2. The zero-order valence-corrected chi connectivity index (χ0v) is 20.5. The van der Waals surface area contributed by atoms with Crippen molar-refractivity contribution in [3.8, 4) is 11.5 Å². The number of benzene rings is 2. The molecule has 35 heavy (non-hydrogen) atoms. The number of fused-ring (bicyclic) bond motifs is 1. The summed E-state index contributed by atoms with van der Waals surface area (Å²) in [5, 5.41) is 9.37. The summed E-state index contributed by atoms with van der Waals surface area (Å²) in [7, 11) is 2.88. The third-order valence-electron chi connectivity index (χ3n) is 5.52. The monoisotopic (exact) mass is 548 g/mol. The van der Waals surface area contributed by atoms with Gasteiger partial charge >= 0.3 is 6.18 Å². The predicted octanol–water partition coefficient (Wildman–Crippen LogP) is 6.77. The topological polar surface area (TPSA) is 77.4 Å². The van der Waals surface area contributed by atoms with E-state index in [1.54, 1.807) is 24.3 Å². The van der Waals surface area contributed by atoms with Crippen LogP contribution in [0.2, 0.25) is 15.1 Å². The van der Waals surface area contributed by atoms with Crippen LogP contribution in [0.1, 0.15) is 34.6 Å². The summed E-state index contributed by atoms with van der Waals surface area (Å²) in [6.07, 6.45) is -5.06. The number of hydrogen-bond acceptors (Lipinski definition) is 5. The van der Waals surface area contributed by atoms with Gasteiger partial charge in [-0.2, -0.15) is 18.3 Å². The first-order chi connectivity index (χ1) is 16.5. The molecular weight excluding hydrogens is 532 g/mol. The summed E-state index contributed by atoms with van der Waals surface area (Å²) < 4.78 is 53.3. The van der Waals surface area contributed by atoms with Crippen LogP contribution in [0.25, 0.3) is 0 Å². The van der Waals surface area contributed by atoms with Gasteiger partial charge in [-0.15, -0.1) is 0 Å². The van der Waals surface area contributed by atoms with Crippen LogP contribution in [-0.4, -0.2) is 36.1 Å². The van der Waals surface area contributed by atoms with Crippen molar-refractivity contribution in [3.05, 3.63) is 62.7 Å². The number of aromatic nitrogens is 2. The molecule has 0 unspecified atom stereocenters. The molecule has 1 aliphatic heterocycles. The second-order valence-electron chi connectivity index (χ2n) is 7.62. The number of nitrogens with zero attached hydrogens (tertiary/aromatic N) is 2. The number of halogens is 6. The van der Waals surface area contributed by atoms with Crippen molar-refractivity contribution in [2.24, 2.45) is 0 Å². The summed E-state index contributed by atoms with van der Waals surface area (Å²) in [5.74, 6) is -0.186. The molecule has 186 valence electrons. The Hall–Kier alpha value is -2.82. The minimum Gasteiger partial charge on any atom is -0.493 e. The third-order valence-corrected chi connectivity index (χ3v) is 6.70. The second kappa shape index (κ2) is 9.67. The minimum atomic E-state index is -4.66. The maximum Gasteiger partial charge on any atom is 0.410 e. The van der Waals surface area contributed by atoms with Gasteiger partial charge in [0.15, 0.2) is 23.2 Å². The Morgan fingerprint density at radius 2 is 1.83 bits per heavy atom. The highest BCUT2D eigenvalue weighted by atomic mass is 35.5. The Balaban J connectivity index is 1.72. The summed E-state index contributed by atoms with van der Waals surface area (Å²) in [6.45, 7) is 0. The minimum absolute atomic E-state index is 0.0717. The van der Waals surface area contributed by atoms with Crippen molar-refractivity contribution in [2.75, 3.05) is 24.9 Å². The van der Waals surface area contributed by atoms with Crippen molar-refractivity contribution >= 4 is 52.2 Å². The number of alkyl halides is 3. The lowest BCUT2D eigenvalue weighted by molar-refractivity contribution is -0.173. The first-order valence-corrected chi connectivity index (χ1v) is 11.3. The number of nitrogens with one attached hydrogen (secondary N) is 2. The van der Waals surface area contributed by atoms with Crippen molar-refractivity contribution in [1.82, 2.24) is 9.78 Å². The highest BCUT2D eigenvalue weighted by Crippen LogP contribution is 2.47. The van der Waals surface area contributed by atoms with Gasteiger partial charge in [0.1, 0.15) is 10.8 Å². The smallest absolute Gasteiger partial charge is 0.410 e. The number of rotatable bonds is 5. The third kappa shape index (κ3) is 4.82. The molecule has 1 amide bonds. The Kier molecular flexibility index (Phi) is 6.99. The molecule has 0 bridgehead atoms. The molecule has 7 nitrogen and oxygen atoms in total. The van der Waals surface area contributed by atoms with Gasteiger partial charge in [0.25, 0.3) is 5.91 Å². The lowest BCUT2D eigenvalue weighted by atomic mass is 9.96. The molecule has 13 heteroatoms. The highest BCUT2D eigenvalue weighted by molar-refractivity contribution is 6.44. The van der Waals surface area contributed by atoms with Crippen molar-refractivity contribution in [3.63, 3.8) is 0 Å². The van der Waals surface area contributed by atoms with Crippen LogP contribution >= 0.6 is 34.8 Å². The van der Waals surface area contributed by atoms with Crippen molar-refractivity contribution in [1.29, 1.82) is 0 Å². The van der Waals surface area contributed by atoms with Crippen molar-refractivity contribution in [2.45, 2.75) is 24.7 Å². The maximum atomic E-state index is 14.1. The molecule has 3 aromatic rings. The van der Waals surface area contributed by atoms with E-state index in [9.17, 15) is 18.0 Å². The van der Waals surface area contributed by atoms with Crippen LogP contribution in [-0.2, 0) is 0 Å². The molecule has 1 aliphatic rings. The van der Waals surface area contributed by atoms with Gasteiger partial charge in [0.05, 0.1) is 36.0 Å². The molecule has 0 aliphatic carbocycles. The van der Waals surface area contributed by atoms with Gasteiger partial charge in [0, 0.05) is 6.42 Å². The van der Waals surface area contributed by atoms with E-state index in [0.717, 1.165) is 0 Å². The predicted molar refractivity (Wildman–Crippen MR) is 127 cm³/mol. The quantitative estimate of drug-likeness (QED) is 0.367. The van der Waals surface area contributed by atoms with E-state index in [1.165, 1.54) is 26.4 Å². The maximum absolute atomic E-state index is 14.1. The van der Waals surface area contributed by atoms with Crippen LogP contribution in [0, 0.1) is 0 Å². The molecule has 0 spiro atoms. The second-order valence-corrected chi connectivity index (χ2v) is 8.78. The normalized spacial score (nSPS) is 17.4. The fraction of sp³-hybridized carbons (Fsp3) is 0.273. The van der Waals surface area contributed by atoms with E-state index in [-0.39, 0.29) is 26.6 Å². The number of methoxy groups -OCH3 is 2. The summed E-state index contributed by atoms with van der Waals surface area (Å²) in [6, 6.07) is 6.53. The molecule has 0 radical (unpaired) electrons. The van der Waals surface area contributed by atoms with E-state index in [1.807, 2.05) is 0 Å². The molecule has 2 aromatic carbocycles. The first kappa shape index (κ1) is 25.3. The van der Waals surface area contributed by atoms with E-state index >= 15 is 0 Å². The average molecular weight is 550 g/mol. The Morgan fingerprint density at radius 1 is 1.11 bits per heavy atom. The Bertz CT molecular complexity index is 1280. The van der Waals surface area contributed by atoms with Crippen molar-refractivity contribution < 1.29 is 27.4 Å². The zero-order valence-electron chi connectivity index (χ0n) is 18.2. The Morgan fingerprint density at radius 3 is 2.49 bits per heavy atom. The van der Waals surface area contributed by atoms with Crippen LogP contribution < -0.4 is 20.1 Å². The number of anilines is 2.